The van der Waals surface area contributed by atoms with E-state index in [0.29, 0.717) is 37.3 Å². The normalized spacial score (nSPS) is 16.2. The summed E-state index contributed by atoms with van der Waals surface area (Å²) in [5.74, 6) is -0.0982. The summed E-state index contributed by atoms with van der Waals surface area (Å²) in [6.07, 6.45) is 1.21. The number of hydrogen-bond donors (Lipinski definition) is 1. The van der Waals surface area contributed by atoms with Crippen LogP contribution in [0.25, 0.3) is 0 Å². The van der Waals surface area contributed by atoms with Crippen LogP contribution in [0.2, 0.25) is 0 Å². The van der Waals surface area contributed by atoms with Gasteiger partial charge in [0.2, 0.25) is 5.91 Å². The molecule has 0 aromatic heterocycles. The number of amides is 1. The van der Waals surface area contributed by atoms with Crippen molar-refractivity contribution < 1.29 is 14.5 Å². The number of aryl methyl sites for hydroxylation is 1. The van der Waals surface area contributed by atoms with Crippen LogP contribution in [0.4, 0.5) is 11.4 Å². The Labute approximate surface area is 146 Å². The first-order valence-electron chi connectivity index (χ1n) is 8.23. The number of non-ortho nitro benzene ring substituents is 1. The van der Waals surface area contributed by atoms with Crippen LogP contribution in [-0.2, 0) is 14.9 Å². The maximum atomic E-state index is 13.2. The Bertz CT molecular complexity index is 783. The molecular formula is C19H20N2O4. The molecule has 1 heterocycles. The summed E-state index contributed by atoms with van der Waals surface area (Å²) in [6, 6.07) is 14.2. The van der Waals surface area contributed by atoms with Crippen LogP contribution in [0.5, 0.6) is 0 Å². The molecule has 0 bridgehead atoms. The van der Waals surface area contributed by atoms with E-state index in [-0.39, 0.29) is 11.6 Å². The lowest BCUT2D eigenvalue weighted by Crippen LogP contribution is -2.44. The van der Waals surface area contributed by atoms with E-state index in [1.54, 1.807) is 13.0 Å². The second kappa shape index (κ2) is 7.03. The van der Waals surface area contributed by atoms with E-state index in [1.807, 2.05) is 30.3 Å². The molecule has 1 saturated heterocycles. The molecule has 130 valence electrons. The molecule has 0 radical (unpaired) electrons. The van der Waals surface area contributed by atoms with Crippen molar-refractivity contribution in [3.8, 4) is 0 Å². The molecule has 0 atom stereocenters. The van der Waals surface area contributed by atoms with Crippen molar-refractivity contribution in [2.45, 2.75) is 25.2 Å². The van der Waals surface area contributed by atoms with E-state index in [4.69, 9.17) is 4.74 Å². The van der Waals surface area contributed by atoms with Crippen molar-refractivity contribution in [2.75, 3.05) is 18.5 Å². The number of benzene rings is 2. The highest BCUT2D eigenvalue weighted by Gasteiger charge is 2.41. The highest BCUT2D eigenvalue weighted by atomic mass is 16.6. The summed E-state index contributed by atoms with van der Waals surface area (Å²) in [4.78, 5) is 23.6. The minimum Gasteiger partial charge on any atom is -0.381 e. The second-order valence-corrected chi connectivity index (χ2v) is 6.27. The number of rotatable bonds is 4. The molecule has 0 spiro atoms. The first-order valence-corrected chi connectivity index (χ1v) is 8.23. The number of nitrogens with zero attached hydrogens (tertiary/aromatic N) is 1. The number of carbonyl (C=O) groups excluding carboxylic acids is 1. The maximum Gasteiger partial charge on any atom is 0.269 e. The van der Waals surface area contributed by atoms with E-state index in [9.17, 15) is 14.9 Å². The van der Waals surface area contributed by atoms with Gasteiger partial charge in [-0.2, -0.15) is 0 Å². The Morgan fingerprint density at radius 2 is 1.84 bits per heavy atom. The molecule has 2 aromatic rings. The van der Waals surface area contributed by atoms with E-state index in [2.05, 4.69) is 5.32 Å². The molecule has 1 amide bonds. The van der Waals surface area contributed by atoms with Crippen LogP contribution >= 0.6 is 0 Å². The molecule has 1 N–H and O–H groups in total. The van der Waals surface area contributed by atoms with Crippen molar-refractivity contribution in [1.29, 1.82) is 0 Å². The van der Waals surface area contributed by atoms with Crippen molar-refractivity contribution in [2.24, 2.45) is 0 Å². The fourth-order valence-electron chi connectivity index (χ4n) is 3.27. The Kier molecular flexibility index (Phi) is 4.81. The number of anilines is 1. The summed E-state index contributed by atoms with van der Waals surface area (Å²) >= 11 is 0. The molecule has 3 rings (SSSR count). The Hall–Kier alpha value is -2.73. The average molecular weight is 340 g/mol. The number of nitro groups is 1. The van der Waals surface area contributed by atoms with Crippen LogP contribution < -0.4 is 5.32 Å². The summed E-state index contributed by atoms with van der Waals surface area (Å²) in [7, 11) is 0. The lowest BCUT2D eigenvalue weighted by molar-refractivity contribution is -0.384. The zero-order chi connectivity index (χ0) is 17.9. The van der Waals surface area contributed by atoms with Gasteiger partial charge in [-0.15, -0.1) is 0 Å². The van der Waals surface area contributed by atoms with E-state index < -0.39 is 10.3 Å². The molecule has 0 unspecified atom stereocenters. The molecule has 0 saturated carbocycles. The summed E-state index contributed by atoms with van der Waals surface area (Å²) in [6.45, 7) is 2.81. The molecule has 6 nitrogen and oxygen atoms in total. The van der Waals surface area contributed by atoms with Crippen LogP contribution in [0.1, 0.15) is 24.0 Å². The number of ether oxygens (including phenoxy) is 1. The fraction of sp³-hybridized carbons (Fsp3) is 0.316. The monoisotopic (exact) mass is 340 g/mol. The van der Waals surface area contributed by atoms with Crippen molar-refractivity contribution in [1.82, 2.24) is 0 Å². The lowest BCUT2D eigenvalue weighted by atomic mass is 9.73. The van der Waals surface area contributed by atoms with Gasteiger partial charge in [0.25, 0.3) is 5.69 Å². The SMILES string of the molecule is Cc1cc([N+](=O)[O-])ccc1NC(=O)C1(c2ccccc2)CCOCC1. The zero-order valence-corrected chi connectivity index (χ0v) is 14.0. The van der Waals surface area contributed by atoms with Gasteiger partial charge in [-0.25, -0.2) is 0 Å². The smallest absolute Gasteiger partial charge is 0.269 e. The maximum absolute atomic E-state index is 13.2. The Balaban J connectivity index is 1.90. The molecule has 0 aliphatic carbocycles. The average Bonchev–Trinajstić information content (AvgIpc) is 2.64. The number of nitro benzene ring substituents is 1. The predicted molar refractivity (Wildman–Crippen MR) is 94.6 cm³/mol. The lowest BCUT2D eigenvalue weighted by Gasteiger charge is -2.36. The third kappa shape index (κ3) is 3.39. The molecule has 6 heteroatoms. The van der Waals surface area contributed by atoms with Crippen LogP contribution in [0.15, 0.2) is 48.5 Å². The number of hydrogen-bond acceptors (Lipinski definition) is 4. The van der Waals surface area contributed by atoms with Gasteiger partial charge in [-0.3, -0.25) is 14.9 Å². The molecular weight excluding hydrogens is 320 g/mol. The van der Waals surface area contributed by atoms with Gasteiger partial charge in [0.1, 0.15) is 0 Å². The van der Waals surface area contributed by atoms with Gasteiger partial charge in [0, 0.05) is 31.0 Å². The molecule has 2 aromatic carbocycles. The van der Waals surface area contributed by atoms with E-state index in [1.165, 1.54) is 12.1 Å². The third-order valence-electron chi connectivity index (χ3n) is 4.78. The summed E-state index contributed by atoms with van der Waals surface area (Å²) < 4.78 is 5.46. The van der Waals surface area contributed by atoms with Crippen LogP contribution in [-0.4, -0.2) is 24.0 Å². The summed E-state index contributed by atoms with van der Waals surface area (Å²) in [5.41, 5.74) is 1.60. The van der Waals surface area contributed by atoms with Crippen LogP contribution in [0.3, 0.4) is 0 Å². The van der Waals surface area contributed by atoms with Crippen molar-refractivity contribution in [3.05, 3.63) is 69.8 Å². The largest absolute Gasteiger partial charge is 0.381 e. The van der Waals surface area contributed by atoms with Crippen LogP contribution in [0, 0.1) is 17.0 Å². The molecule has 1 fully saturated rings. The topological polar surface area (TPSA) is 81.5 Å². The van der Waals surface area contributed by atoms with Gasteiger partial charge in [-0.05, 0) is 37.0 Å². The quantitative estimate of drug-likeness (QED) is 0.681. The highest BCUT2D eigenvalue weighted by Crippen LogP contribution is 2.36. The minimum atomic E-state index is -0.645. The predicted octanol–water partition coefficient (Wildman–Crippen LogP) is 3.59. The fourth-order valence-corrected chi connectivity index (χ4v) is 3.27. The molecule has 25 heavy (non-hydrogen) atoms. The van der Waals surface area contributed by atoms with Crippen molar-refractivity contribution in [3.63, 3.8) is 0 Å². The van der Waals surface area contributed by atoms with Gasteiger partial charge in [0.15, 0.2) is 0 Å². The molecule has 1 aliphatic rings. The van der Waals surface area contributed by atoms with Gasteiger partial charge in [-0.1, -0.05) is 30.3 Å². The highest BCUT2D eigenvalue weighted by molar-refractivity contribution is 5.99. The van der Waals surface area contributed by atoms with E-state index >= 15 is 0 Å². The summed E-state index contributed by atoms with van der Waals surface area (Å²) in [5, 5.41) is 13.8. The first kappa shape index (κ1) is 17.1. The third-order valence-corrected chi connectivity index (χ3v) is 4.78. The van der Waals surface area contributed by atoms with E-state index in [0.717, 1.165) is 5.56 Å². The van der Waals surface area contributed by atoms with Gasteiger partial charge >= 0.3 is 0 Å². The standard InChI is InChI=1S/C19H20N2O4/c1-14-13-16(21(23)24)7-8-17(14)20-18(22)19(9-11-25-12-10-19)15-5-3-2-4-6-15/h2-8,13H,9-12H2,1H3,(H,20,22). The minimum absolute atomic E-state index is 0.0133. The first-order chi connectivity index (χ1) is 12.0. The number of nitrogens with one attached hydrogen (secondary N) is 1. The zero-order valence-electron chi connectivity index (χ0n) is 14.0. The number of carbonyl (C=O) groups is 1. The van der Waals surface area contributed by atoms with Gasteiger partial charge < -0.3 is 10.1 Å². The molecule has 1 aliphatic heterocycles. The second-order valence-electron chi connectivity index (χ2n) is 6.27. The van der Waals surface area contributed by atoms with Gasteiger partial charge in [0.05, 0.1) is 10.3 Å². The Morgan fingerprint density at radius 3 is 2.44 bits per heavy atom. The van der Waals surface area contributed by atoms with Crippen molar-refractivity contribution >= 4 is 17.3 Å². The Morgan fingerprint density at radius 1 is 1.16 bits per heavy atom.